The molecule has 1 heterocycles. The molecule has 0 atom stereocenters. The summed E-state index contributed by atoms with van der Waals surface area (Å²) in [5, 5.41) is 8.38. The molecule has 0 aliphatic heterocycles. The van der Waals surface area contributed by atoms with Gasteiger partial charge in [0.25, 0.3) is 0 Å². The molecule has 20 heavy (non-hydrogen) atoms. The van der Waals surface area contributed by atoms with Crippen molar-refractivity contribution in [1.29, 1.82) is 0 Å². The Balaban J connectivity index is 1.76. The standard InChI is InChI=1S/C18H22N2/c1-13-3-6-15(7-4-13)16-8-10-17(11-9-16)18-12-5-14(2)19-20-18/h5,8-13,15H,3-4,6-7H2,1-2H3. The van der Waals surface area contributed by atoms with Crippen LogP contribution in [0.2, 0.25) is 0 Å². The number of aromatic nitrogens is 2. The topological polar surface area (TPSA) is 25.8 Å². The van der Waals surface area contributed by atoms with Crippen molar-refractivity contribution in [3.63, 3.8) is 0 Å². The van der Waals surface area contributed by atoms with E-state index >= 15 is 0 Å². The van der Waals surface area contributed by atoms with Crippen LogP contribution in [0.5, 0.6) is 0 Å². The van der Waals surface area contributed by atoms with Crippen LogP contribution < -0.4 is 0 Å². The van der Waals surface area contributed by atoms with Gasteiger partial charge in [0.15, 0.2) is 0 Å². The highest BCUT2D eigenvalue weighted by Crippen LogP contribution is 2.35. The predicted octanol–water partition coefficient (Wildman–Crippen LogP) is 4.75. The lowest BCUT2D eigenvalue weighted by atomic mass is 9.79. The van der Waals surface area contributed by atoms with Gasteiger partial charge in [0.05, 0.1) is 11.4 Å². The maximum atomic E-state index is 4.25. The van der Waals surface area contributed by atoms with Crippen LogP contribution in [0.3, 0.4) is 0 Å². The van der Waals surface area contributed by atoms with Crippen LogP contribution in [0, 0.1) is 12.8 Å². The van der Waals surface area contributed by atoms with Crippen molar-refractivity contribution < 1.29 is 0 Å². The van der Waals surface area contributed by atoms with Gasteiger partial charge in [-0.2, -0.15) is 10.2 Å². The first-order valence-electron chi connectivity index (χ1n) is 7.63. The summed E-state index contributed by atoms with van der Waals surface area (Å²) >= 11 is 0. The number of hydrogen-bond acceptors (Lipinski definition) is 2. The first-order chi connectivity index (χ1) is 9.72. The Morgan fingerprint density at radius 3 is 2.15 bits per heavy atom. The van der Waals surface area contributed by atoms with E-state index in [1.165, 1.54) is 31.2 Å². The Morgan fingerprint density at radius 2 is 1.55 bits per heavy atom. The van der Waals surface area contributed by atoms with E-state index in [-0.39, 0.29) is 0 Å². The fourth-order valence-electron chi connectivity index (χ4n) is 3.07. The van der Waals surface area contributed by atoms with Crippen molar-refractivity contribution in [3.8, 4) is 11.3 Å². The van der Waals surface area contributed by atoms with Gasteiger partial charge in [-0.3, -0.25) is 0 Å². The van der Waals surface area contributed by atoms with Gasteiger partial charge in [-0.1, -0.05) is 44.0 Å². The zero-order valence-corrected chi connectivity index (χ0v) is 12.3. The largest absolute Gasteiger partial charge is 0.155 e. The zero-order valence-electron chi connectivity index (χ0n) is 12.3. The van der Waals surface area contributed by atoms with Gasteiger partial charge in [0, 0.05) is 5.56 Å². The molecular weight excluding hydrogens is 244 g/mol. The van der Waals surface area contributed by atoms with E-state index in [0.29, 0.717) is 0 Å². The van der Waals surface area contributed by atoms with Crippen molar-refractivity contribution in [1.82, 2.24) is 10.2 Å². The molecule has 104 valence electrons. The molecule has 0 unspecified atom stereocenters. The molecule has 1 aromatic heterocycles. The third kappa shape index (κ3) is 2.90. The van der Waals surface area contributed by atoms with Gasteiger partial charge in [-0.05, 0) is 49.3 Å². The Kier molecular flexibility index (Phi) is 3.81. The second-order valence-electron chi connectivity index (χ2n) is 6.14. The second-order valence-corrected chi connectivity index (χ2v) is 6.14. The lowest BCUT2D eigenvalue weighted by molar-refractivity contribution is 0.348. The fourth-order valence-corrected chi connectivity index (χ4v) is 3.07. The van der Waals surface area contributed by atoms with Crippen LogP contribution in [-0.4, -0.2) is 10.2 Å². The van der Waals surface area contributed by atoms with E-state index in [2.05, 4.69) is 41.4 Å². The number of aryl methyl sites for hydroxylation is 1. The molecule has 2 heteroatoms. The van der Waals surface area contributed by atoms with Crippen molar-refractivity contribution in [2.45, 2.75) is 45.4 Å². The molecule has 1 aromatic carbocycles. The van der Waals surface area contributed by atoms with E-state index in [0.717, 1.165) is 28.8 Å². The van der Waals surface area contributed by atoms with Gasteiger partial charge in [0.2, 0.25) is 0 Å². The monoisotopic (exact) mass is 266 g/mol. The number of hydrogen-bond donors (Lipinski definition) is 0. The van der Waals surface area contributed by atoms with Crippen molar-refractivity contribution in [2.75, 3.05) is 0 Å². The van der Waals surface area contributed by atoms with Crippen LogP contribution in [-0.2, 0) is 0 Å². The summed E-state index contributed by atoms with van der Waals surface area (Å²) in [5.41, 5.74) is 4.56. The third-order valence-electron chi connectivity index (χ3n) is 4.49. The molecule has 0 saturated heterocycles. The Morgan fingerprint density at radius 1 is 0.850 bits per heavy atom. The molecule has 0 N–H and O–H groups in total. The van der Waals surface area contributed by atoms with E-state index in [9.17, 15) is 0 Å². The van der Waals surface area contributed by atoms with Crippen LogP contribution in [0.1, 0.15) is 49.8 Å². The lowest BCUT2D eigenvalue weighted by Crippen LogP contribution is -2.10. The highest BCUT2D eigenvalue weighted by Gasteiger charge is 2.19. The van der Waals surface area contributed by atoms with Gasteiger partial charge in [-0.15, -0.1) is 0 Å². The van der Waals surface area contributed by atoms with E-state index in [1.807, 2.05) is 19.1 Å². The molecular formula is C18H22N2. The normalized spacial score (nSPS) is 22.7. The Bertz CT molecular complexity index is 549. The first kappa shape index (κ1) is 13.3. The maximum absolute atomic E-state index is 4.25. The second kappa shape index (κ2) is 5.74. The smallest absolute Gasteiger partial charge is 0.0929 e. The molecule has 1 aliphatic carbocycles. The molecule has 2 aromatic rings. The summed E-state index contributed by atoms with van der Waals surface area (Å²) in [4.78, 5) is 0. The molecule has 1 aliphatic rings. The molecule has 2 nitrogen and oxygen atoms in total. The maximum Gasteiger partial charge on any atom is 0.0929 e. The summed E-state index contributed by atoms with van der Waals surface area (Å²) in [6.45, 7) is 4.33. The van der Waals surface area contributed by atoms with Crippen LogP contribution in [0.15, 0.2) is 36.4 Å². The fraction of sp³-hybridized carbons (Fsp3) is 0.444. The predicted molar refractivity (Wildman–Crippen MR) is 82.6 cm³/mol. The summed E-state index contributed by atoms with van der Waals surface area (Å²) in [6, 6.07) is 13.0. The van der Waals surface area contributed by atoms with Crippen LogP contribution in [0.4, 0.5) is 0 Å². The molecule has 0 amide bonds. The summed E-state index contributed by atoms with van der Waals surface area (Å²) in [7, 11) is 0. The SMILES string of the molecule is Cc1ccc(-c2ccc(C3CCC(C)CC3)cc2)nn1. The van der Waals surface area contributed by atoms with Gasteiger partial charge >= 0.3 is 0 Å². The van der Waals surface area contributed by atoms with Crippen molar-refractivity contribution in [3.05, 3.63) is 47.7 Å². The van der Waals surface area contributed by atoms with Gasteiger partial charge in [0.1, 0.15) is 0 Å². The zero-order chi connectivity index (χ0) is 13.9. The van der Waals surface area contributed by atoms with E-state index in [4.69, 9.17) is 0 Å². The Labute approximate surface area is 121 Å². The first-order valence-corrected chi connectivity index (χ1v) is 7.63. The van der Waals surface area contributed by atoms with Crippen molar-refractivity contribution >= 4 is 0 Å². The molecule has 0 spiro atoms. The Hall–Kier alpha value is -1.70. The van der Waals surface area contributed by atoms with Crippen molar-refractivity contribution in [2.24, 2.45) is 5.92 Å². The summed E-state index contributed by atoms with van der Waals surface area (Å²) in [5.74, 6) is 1.66. The molecule has 3 rings (SSSR count). The van der Waals surface area contributed by atoms with Gasteiger partial charge in [-0.25, -0.2) is 0 Å². The molecule has 0 bridgehead atoms. The molecule has 1 fully saturated rings. The number of rotatable bonds is 2. The van der Waals surface area contributed by atoms with Crippen LogP contribution in [0.25, 0.3) is 11.3 Å². The van der Waals surface area contributed by atoms with E-state index in [1.54, 1.807) is 0 Å². The summed E-state index contributed by atoms with van der Waals surface area (Å²) < 4.78 is 0. The minimum Gasteiger partial charge on any atom is -0.155 e. The molecule has 1 saturated carbocycles. The third-order valence-corrected chi connectivity index (χ3v) is 4.49. The highest BCUT2D eigenvalue weighted by molar-refractivity contribution is 5.58. The lowest BCUT2D eigenvalue weighted by Gasteiger charge is -2.26. The number of benzene rings is 1. The van der Waals surface area contributed by atoms with E-state index < -0.39 is 0 Å². The average molecular weight is 266 g/mol. The quantitative estimate of drug-likeness (QED) is 0.784. The summed E-state index contributed by atoms with van der Waals surface area (Å²) in [6.07, 6.45) is 5.42. The van der Waals surface area contributed by atoms with Gasteiger partial charge < -0.3 is 0 Å². The molecule has 0 radical (unpaired) electrons. The average Bonchev–Trinajstić information content (AvgIpc) is 2.49. The minimum absolute atomic E-state index is 0.754. The van der Waals surface area contributed by atoms with Crippen LogP contribution >= 0.6 is 0 Å². The number of nitrogens with zero attached hydrogens (tertiary/aromatic N) is 2. The minimum atomic E-state index is 0.754. The highest BCUT2D eigenvalue weighted by atomic mass is 15.1.